The molecule has 0 aliphatic carbocycles. The van der Waals surface area contributed by atoms with E-state index >= 15 is 0 Å². The van der Waals surface area contributed by atoms with E-state index in [2.05, 4.69) is 39.3 Å². The van der Waals surface area contributed by atoms with Crippen molar-refractivity contribution in [2.24, 2.45) is 0 Å². The molecule has 0 bridgehead atoms. The summed E-state index contributed by atoms with van der Waals surface area (Å²) in [5.74, 6) is -0.932. The number of aromatic nitrogens is 2. The Morgan fingerprint density at radius 1 is 1.38 bits per heavy atom. The van der Waals surface area contributed by atoms with Gasteiger partial charge in [0.05, 0.1) is 11.3 Å². The highest BCUT2D eigenvalue weighted by Gasteiger charge is 2.08. The molecule has 2 aromatic rings. The van der Waals surface area contributed by atoms with Crippen molar-refractivity contribution < 1.29 is 9.90 Å². The highest BCUT2D eigenvalue weighted by Crippen LogP contribution is 2.21. The Morgan fingerprint density at radius 2 is 2.14 bits per heavy atom. The molecule has 0 radical (unpaired) electrons. The van der Waals surface area contributed by atoms with Gasteiger partial charge in [-0.1, -0.05) is 0 Å². The second-order valence-corrected chi connectivity index (χ2v) is 5.78. The van der Waals surface area contributed by atoms with Crippen LogP contribution in [0.25, 0.3) is 0 Å². The summed E-state index contributed by atoms with van der Waals surface area (Å²) in [6, 6.07) is 7.22. The Balaban J connectivity index is 1.85. The number of halogens is 1. The molecule has 0 aliphatic rings. The Kier molecular flexibility index (Phi) is 5.01. The maximum Gasteiger partial charge on any atom is 0.336 e. The van der Waals surface area contributed by atoms with E-state index in [0.29, 0.717) is 4.47 Å². The minimum absolute atomic E-state index is 0.267. The van der Waals surface area contributed by atoms with Gasteiger partial charge < -0.3 is 10.4 Å². The summed E-state index contributed by atoms with van der Waals surface area (Å²) in [5, 5.41) is 16.7. The largest absolute Gasteiger partial charge is 0.478 e. The van der Waals surface area contributed by atoms with Crippen LogP contribution in [0.4, 0.5) is 5.69 Å². The highest BCUT2D eigenvalue weighted by atomic mass is 79.9. The lowest BCUT2D eigenvalue weighted by Gasteiger charge is -2.09. The van der Waals surface area contributed by atoms with E-state index in [1.165, 1.54) is 5.69 Å². The third-order valence-electron chi connectivity index (χ3n) is 3.18. The Labute approximate surface area is 132 Å². The zero-order valence-electron chi connectivity index (χ0n) is 12.1. The molecule has 5 nitrogen and oxygen atoms in total. The molecule has 1 aromatic heterocycles. The van der Waals surface area contributed by atoms with Gasteiger partial charge in [0.15, 0.2) is 0 Å². The molecule has 0 atom stereocenters. The normalized spacial score (nSPS) is 10.6. The molecular formula is C15H18BrN3O2. The number of carboxylic acids is 1. The van der Waals surface area contributed by atoms with E-state index < -0.39 is 5.97 Å². The molecule has 1 aromatic carbocycles. The zero-order valence-corrected chi connectivity index (χ0v) is 13.6. The average Bonchev–Trinajstić information content (AvgIpc) is 2.73. The minimum atomic E-state index is -0.932. The monoisotopic (exact) mass is 351 g/mol. The molecule has 2 N–H and O–H groups in total. The van der Waals surface area contributed by atoms with Gasteiger partial charge >= 0.3 is 5.97 Å². The first-order chi connectivity index (χ1) is 9.97. The van der Waals surface area contributed by atoms with E-state index in [1.807, 2.05) is 11.6 Å². The summed E-state index contributed by atoms with van der Waals surface area (Å²) in [6.07, 6.45) is 0.945. The molecule has 1 heterocycles. The van der Waals surface area contributed by atoms with Gasteiger partial charge in [0.25, 0.3) is 0 Å². The number of nitrogens with one attached hydrogen (secondary N) is 1. The van der Waals surface area contributed by atoms with Gasteiger partial charge in [-0.05, 0) is 60.5 Å². The Morgan fingerprint density at radius 3 is 2.71 bits per heavy atom. The zero-order chi connectivity index (χ0) is 15.4. The van der Waals surface area contributed by atoms with Crippen LogP contribution in [0, 0.1) is 13.8 Å². The second-order valence-electron chi connectivity index (χ2n) is 4.93. The van der Waals surface area contributed by atoms with Crippen molar-refractivity contribution in [3.05, 3.63) is 45.7 Å². The van der Waals surface area contributed by atoms with Gasteiger partial charge in [0.1, 0.15) is 0 Å². The van der Waals surface area contributed by atoms with Gasteiger partial charge in [0, 0.05) is 28.9 Å². The van der Waals surface area contributed by atoms with Crippen molar-refractivity contribution in [1.29, 1.82) is 0 Å². The van der Waals surface area contributed by atoms with Crippen molar-refractivity contribution in [2.45, 2.75) is 26.8 Å². The summed E-state index contributed by atoms with van der Waals surface area (Å²) in [4.78, 5) is 10.9. The molecule has 0 saturated carbocycles. The first kappa shape index (κ1) is 15.6. The van der Waals surface area contributed by atoms with Crippen LogP contribution in [0.15, 0.2) is 28.7 Å². The Bertz CT molecular complexity index is 652. The van der Waals surface area contributed by atoms with Crippen LogP contribution >= 0.6 is 15.9 Å². The summed E-state index contributed by atoms with van der Waals surface area (Å²) in [7, 11) is 0. The van der Waals surface area contributed by atoms with E-state index in [1.54, 1.807) is 18.2 Å². The average molecular weight is 352 g/mol. The number of hydrogen-bond donors (Lipinski definition) is 2. The number of aryl methyl sites for hydroxylation is 3. The van der Waals surface area contributed by atoms with Crippen LogP contribution in [0.2, 0.25) is 0 Å². The quantitative estimate of drug-likeness (QED) is 0.782. The maximum absolute atomic E-state index is 10.9. The first-order valence-corrected chi connectivity index (χ1v) is 7.54. The predicted molar refractivity (Wildman–Crippen MR) is 85.9 cm³/mol. The number of hydrogen-bond acceptors (Lipinski definition) is 3. The van der Waals surface area contributed by atoms with Gasteiger partial charge in [-0.15, -0.1) is 0 Å². The molecule has 0 fully saturated rings. The fraction of sp³-hybridized carbons (Fsp3) is 0.333. The van der Waals surface area contributed by atoms with Crippen LogP contribution in [-0.2, 0) is 6.54 Å². The molecule has 6 heteroatoms. The third-order valence-corrected chi connectivity index (χ3v) is 3.83. The smallest absolute Gasteiger partial charge is 0.336 e. The lowest BCUT2D eigenvalue weighted by molar-refractivity contribution is 0.0696. The molecule has 112 valence electrons. The van der Waals surface area contributed by atoms with Crippen molar-refractivity contribution in [3.8, 4) is 0 Å². The van der Waals surface area contributed by atoms with Gasteiger partial charge in [-0.3, -0.25) is 4.68 Å². The van der Waals surface area contributed by atoms with Crippen molar-refractivity contribution in [1.82, 2.24) is 9.78 Å². The fourth-order valence-electron chi connectivity index (χ4n) is 2.16. The molecular weight excluding hydrogens is 334 g/mol. The number of aromatic carboxylic acids is 1. The van der Waals surface area contributed by atoms with Crippen LogP contribution in [-0.4, -0.2) is 27.4 Å². The summed E-state index contributed by atoms with van der Waals surface area (Å²) in [5.41, 5.74) is 3.37. The Hall–Kier alpha value is -1.82. The topological polar surface area (TPSA) is 67.2 Å². The van der Waals surface area contributed by atoms with Crippen molar-refractivity contribution >= 4 is 27.6 Å². The number of carboxylic acid groups (broad SMARTS) is 1. The maximum atomic E-state index is 10.9. The van der Waals surface area contributed by atoms with E-state index in [-0.39, 0.29) is 5.56 Å². The predicted octanol–water partition coefficient (Wildman–Crippen LogP) is 3.46. The van der Waals surface area contributed by atoms with Gasteiger partial charge in [-0.25, -0.2) is 4.79 Å². The lowest BCUT2D eigenvalue weighted by Crippen LogP contribution is -2.09. The van der Waals surface area contributed by atoms with Gasteiger partial charge in [0.2, 0.25) is 0 Å². The second kappa shape index (κ2) is 6.76. The third kappa shape index (κ3) is 4.07. The van der Waals surface area contributed by atoms with Crippen LogP contribution in [0.1, 0.15) is 28.2 Å². The lowest BCUT2D eigenvalue weighted by atomic mass is 10.2. The SMILES string of the molecule is Cc1cc(C)n(CCCNc2ccc(C(=O)O)c(Br)c2)n1. The molecule has 0 aliphatic heterocycles. The van der Waals surface area contributed by atoms with Crippen LogP contribution < -0.4 is 5.32 Å². The van der Waals surface area contributed by atoms with Crippen molar-refractivity contribution in [2.75, 3.05) is 11.9 Å². The number of carbonyl (C=O) groups is 1. The standard InChI is InChI=1S/C15H18BrN3O2/c1-10-8-11(2)19(18-10)7-3-6-17-12-4-5-13(15(20)21)14(16)9-12/h4-5,8-9,17H,3,6-7H2,1-2H3,(H,20,21). The number of nitrogens with zero attached hydrogens (tertiary/aromatic N) is 2. The molecule has 21 heavy (non-hydrogen) atoms. The number of benzene rings is 1. The van der Waals surface area contributed by atoms with Crippen LogP contribution in [0.3, 0.4) is 0 Å². The minimum Gasteiger partial charge on any atom is -0.478 e. The van der Waals surface area contributed by atoms with Crippen LogP contribution in [0.5, 0.6) is 0 Å². The summed E-state index contributed by atoms with van der Waals surface area (Å²) >= 11 is 3.27. The fourth-order valence-corrected chi connectivity index (χ4v) is 2.71. The summed E-state index contributed by atoms with van der Waals surface area (Å²) < 4.78 is 2.58. The molecule has 2 rings (SSSR count). The van der Waals surface area contributed by atoms with E-state index in [0.717, 1.165) is 30.9 Å². The van der Waals surface area contributed by atoms with E-state index in [9.17, 15) is 4.79 Å². The number of anilines is 1. The van der Waals surface area contributed by atoms with Crippen molar-refractivity contribution in [3.63, 3.8) is 0 Å². The first-order valence-electron chi connectivity index (χ1n) is 6.75. The number of rotatable bonds is 6. The van der Waals surface area contributed by atoms with E-state index in [4.69, 9.17) is 5.11 Å². The molecule has 0 spiro atoms. The van der Waals surface area contributed by atoms with Gasteiger partial charge in [-0.2, -0.15) is 5.10 Å². The molecule has 0 amide bonds. The highest BCUT2D eigenvalue weighted by molar-refractivity contribution is 9.10. The summed E-state index contributed by atoms with van der Waals surface area (Å²) in [6.45, 7) is 5.71. The molecule has 0 saturated heterocycles. The molecule has 0 unspecified atom stereocenters.